The number of hydrogen-bond acceptors (Lipinski definition) is 3. The van der Waals surface area contributed by atoms with E-state index < -0.39 is 11.5 Å². The zero-order valence-corrected chi connectivity index (χ0v) is 13.5. The van der Waals surface area contributed by atoms with Crippen LogP contribution in [0.5, 0.6) is 0 Å². The maximum atomic E-state index is 12.1. The molecule has 1 aromatic rings. The number of ether oxygens (including phenoxy) is 1. The number of carbonyl (C=O) groups excluding carboxylic acids is 1. The van der Waals surface area contributed by atoms with Gasteiger partial charge >= 0.3 is 5.97 Å². The van der Waals surface area contributed by atoms with E-state index in [2.05, 4.69) is 24.4 Å². The van der Waals surface area contributed by atoms with Crippen LogP contribution in [0.25, 0.3) is 0 Å². The molecule has 1 atom stereocenters. The van der Waals surface area contributed by atoms with Crippen molar-refractivity contribution in [3.63, 3.8) is 0 Å². The van der Waals surface area contributed by atoms with Gasteiger partial charge in [0.15, 0.2) is 0 Å². The molecule has 122 valence electrons. The first kappa shape index (κ1) is 18.2. The fraction of sp³-hybridized carbons (Fsp3) is 0.529. The molecule has 1 unspecified atom stereocenters. The molecule has 1 amide bonds. The van der Waals surface area contributed by atoms with Gasteiger partial charge in [-0.25, -0.2) is 0 Å². The molecule has 0 saturated carbocycles. The summed E-state index contributed by atoms with van der Waals surface area (Å²) < 4.78 is 5.02. The second kappa shape index (κ2) is 8.54. The van der Waals surface area contributed by atoms with E-state index in [1.807, 2.05) is 12.1 Å². The van der Waals surface area contributed by atoms with E-state index in [0.717, 1.165) is 12.0 Å². The smallest absolute Gasteiger partial charge is 0.305 e. The van der Waals surface area contributed by atoms with Crippen LogP contribution in [0.15, 0.2) is 24.3 Å². The van der Waals surface area contributed by atoms with Gasteiger partial charge in [-0.05, 0) is 30.9 Å². The highest BCUT2D eigenvalue weighted by molar-refractivity contribution is 5.78. The summed E-state index contributed by atoms with van der Waals surface area (Å²) in [6.45, 7) is 3.94. The molecule has 0 saturated heterocycles. The zero-order chi connectivity index (χ0) is 16.6. The Morgan fingerprint density at radius 1 is 1.23 bits per heavy atom. The predicted molar refractivity (Wildman–Crippen MR) is 84.8 cm³/mol. The van der Waals surface area contributed by atoms with E-state index in [-0.39, 0.29) is 18.9 Å². The van der Waals surface area contributed by atoms with Gasteiger partial charge in [0.1, 0.15) is 0 Å². The van der Waals surface area contributed by atoms with Gasteiger partial charge in [0.2, 0.25) is 5.91 Å². The van der Waals surface area contributed by atoms with Crippen molar-refractivity contribution in [2.45, 2.75) is 45.1 Å². The standard InChI is InChI=1S/C17H25NO4/c1-4-13-5-7-14(8-6-13)9-10-15(19)18-17(2,12-22-3)11-16(20)21/h5-8H,4,9-12H2,1-3H3,(H,18,19)(H,20,21). The third-order valence-electron chi connectivity index (χ3n) is 3.52. The van der Waals surface area contributed by atoms with Crippen LogP contribution in [-0.4, -0.2) is 36.2 Å². The summed E-state index contributed by atoms with van der Waals surface area (Å²) >= 11 is 0. The highest BCUT2D eigenvalue weighted by atomic mass is 16.5. The lowest BCUT2D eigenvalue weighted by Crippen LogP contribution is -2.50. The lowest BCUT2D eigenvalue weighted by molar-refractivity contribution is -0.139. The van der Waals surface area contributed by atoms with Gasteiger partial charge in [-0.15, -0.1) is 0 Å². The second-order valence-corrected chi connectivity index (χ2v) is 5.78. The molecule has 5 heteroatoms. The van der Waals surface area contributed by atoms with Crippen LogP contribution >= 0.6 is 0 Å². The number of carbonyl (C=O) groups is 2. The van der Waals surface area contributed by atoms with Gasteiger partial charge in [-0.2, -0.15) is 0 Å². The second-order valence-electron chi connectivity index (χ2n) is 5.78. The molecule has 0 fully saturated rings. The van der Waals surface area contributed by atoms with Gasteiger partial charge in [0.25, 0.3) is 0 Å². The van der Waals surface area contributed by atoms with Gasteiger partial charge in [-0.1, -0.05) is 31.2 Å². The number of hydrogen-bond donors (Lipinski definition) is 2. The quantitative estimate of drug-likeness (QED) is 0.733. The zero-order valence-electron chi connectivity index (χ0n) is 13.5. The third kappa shape index (κ3) is 6.26. The Balaban J connectivity index is 2.54. The summed E-state index contributed by atoms with van der Waals surface area (Å²) in [7, 11) is 1.49. The van der Waals surface area contributed by atoms with Crippen LogP contribution in [0.1, 0.15) is 37.8 Å². The van der Waals surface area contributed by atoms with Crippen molar-refractivity contribution in [1.82, 2.24) is 5.32 Å². The molecule has 5 nitrogen and oxygen atoms in total. The fourth-order valence-corrected chi connectivity index (χ4v) is 2.38. The minimum atomic E-state index is -0.963. The Bertz CT molecular complexity index is 498. The summed E-state index contributed by atoms with van der Waals surface area (Å²) in [5.41, 5.74) is 1.48. The largest absolute Gasteiger partial charge is 0.481 e. The minimum absolute atomic E-state index is 0.163. The lowest BCUT2D eigenvalue weighted by Gasteiger charge is -2.28. The van der Waals surface area contributed by atoms with Crippen LogP contribution in [-0.2, 0) is 27.2 Å². The number of rotatable bonds is 9. The molecule has 0 aliphatic rings. The Morgan fingerprint density at radius 2 is 1.82 bits per heavy atom. The first-order valence-electron chi connectivity index (χ1n) is 7.48. The number of nitrogens with one attached hydrogen (secondary N) is 1. The average Bonchev–Trinajstić information content (AvgIpc) is 2.44. The number of benzene rings is 1. The van der Waals surface area contributed by atoms with Crippen molar-refractivity contribution in [3.8, 4) is 0 Å². The molecule has 0 heterocycles. The van der Waals surface area contributed by atoms with E-state index >= 15 is 0 Å². The number of carboxylic acids is 1. The summed E-state index contributed by atoms with van der Waals surface area (Å²) in [5, 5.41) is 11.7. The van der Waals surface area contributed by atoms with Gasteiger partial charge < -0.3 is 15.2 Å². The van der Waals surface area contributed by atoms with E-state index in [1.165, 1.54) is 12.7 Å². The highest BCUT2D eigenvalue weighted by Crippen LogP contribution is 2.12. The molecule has 0 aromatic heterocycles. The molecule has 0 radical (unpaired) electrons. The van der Waals surface area contributed by atoms with Crippen molar-refractivity contribution in [1.29, 1.82) is 0 Å². The van der Waals surface area contributed by atoms with Crippen molar-refractivity contribution >= 4 is 11.9 Å². The fourth-order valence-electron chi connectivity index (χ4n) is 2.38. The van der Waals surface area contributed by atoms with Crippen molar-refractivity contribution in [2.24, 2.45) is 0 Å². The number of amides is 1. The first-order chi connectivity index (χ1) is 10.4. The van der Waals surface area contributed by atoms with Crippen LogP contribution in [0.3, 0.4) is 0 Å². The Labute approximate surface area is 131 Å². The maximum absolute atomic E-state index is 12.1. The topological polar surface area (TPSA) is 75.6 Å². The summed E-state index contributed by atoms with van der Waals surface area (Å²) in [6, 6.07) is 8.18. The van der Waals surface area contributed by atoms with Crippen molar-refractivity contribution in [3.05, 3.63) is 35.4 Å². The molecule has 0 aliphatic heterocycles. The van der Waals surface area contributed by atoms with Gasteiger partial charge in [0.05, 0.1) is 18.6 Å². The number of carboxylic acid groups (broad SMARTS) is 1. The Morgan fingerprint density at radius 3 is 2.32 bits per heavy atom. The van der Waals surface area contributed by atoms with Gasteiger partial charge in [0, 0.05) is 13.5 Å². The van der Waals surface area contributed by atoms with E-state index in [0.29, 0.717) is 12.8 Å². The van der Waals surface area contributed by atoms with Crippen LogP contribution in [0.2, 0.25) is 0 Å². The summed E-state index contributed by atoms with van der Waals surface area (Å²) in [6.07, 6.45) is 1.78. The van der Waals surface area contributed by atoms with Crippen molar-refractivity contribution in [2.75, 3.05) is 13.7 Å². The molecule has 1 aromatic carbocycles. The lowest BCUT2D eigenvalue weighted by atomic mass is 9.98. The summed E-state index contributed by atoms with van der Waals surface area (Å²) in [5.74, 6) is -1.13. The molecular formula is C17H25NO4. The SMILES string of the molecule is CCc1ccc(CCC(=O)NC(C)(COC)CC(=O)O)cc1. The predicted octanol–water partition coefficient (Wildman–Crippen LogP) is 2.18. The number of aryl methyl sites for hydroxylation is 2. The summed E-state index contributed by atoms with van der Waals surface area (Å²) in [4.78, 5) is 23.0. The highest BCUT2D eigenvalue weighted by Gasteiger charge is 2.29. The van der Waals surface area contributed by atoms with Crippen molar-refractivity contribution < 1.29 is 19.4 Å². The molecule has 1 rings (SSSR count). The average molecular weight is 307 g/mol. The number of aliphatic carboxylic acids is 1. The Kier molecular flexibility index (Phi) is 7.05. The Hall–Kier alpha value is -1.88. The molecule has 2 N–H and O–H groups in total. The normalized spacial score (nSPS) is 13.4. The van der Waals surface area contributed by atoms with Gasteiger partial charge in [-0.3, -0.25) is 9.59 Å². The molecule has 22 heavy (non-hydrogen) atoms. The van der Waals surface area contributed by atoms with E-state index in [4.69, 9.17) is 9.84 Å². The van der Waals surface area contributed by atoms with Crippen LogP contribution < -0.4 is 5.32 Å². The van der Waals surface area contributed by atoms with Crippen LogP contribution in [0, 0.1) is 0 Å². The van der Waals surface area contributed by atoms with Crippen LogP contribution in [0.4, 0.5) is 0 Å². The minimum Gasteiger partial charge on any atom is -0.481 e. The third-order valence-corrected chi connectivity index (χ3v) is 3.52. The molecule has 0 spiro atoms. The monoisotopic (exact) mass is 307 g/mol. The first-order valence-corrected chi connectivity index (χ1v) is 7.48. The number of methoxy groups -OCH3 is 1. The van der Waals surface area contributed by atoms with E-state index in [1.54, 1.807) is 6.92 Å². The maximum Gasteiger partial charge on any atom is 0.305 e. The van der Waals surface area contributed by atoms with E-state index in [9.17, 15) is 9.59 Å². The molecule has 0 bridgehead atoms. The molecule has 0 aliphatic carbocycles. The molecular weight excluding hydrogens is 282 g/mol.